The molecule has 6 heteroatoms. The zero-order chi connectivity index (χ0) is 14.6. The van der Waals surface area contributed by atoms with E-state index >= 15 is 0 Å². The monoisotopic (exact) mass is 302 g/mol. The van der Waals surface area contributed by atoms with Crippen LogP contribution in [0.15, 0.2) is 18.2 Å². The van der Waals surface area contributed by atoms with Crippen LogP contribution < -0.4 is 5.73 Å². The lowest BCUT2D eigenvalue weighted by atomic mass is 10.1. The third-order valence-corrected chi connectivity index (χ3v) is 3.14. The Hall–Kier alpha value is -1.20. The van der Waals surface area contributed by atoms with Crippen molar-refractivity contribution in [3.8, 4) is 0 Å². The van der Waals surface area contributed by atoms with Crippen molar-refractivity contribution in [2.24, 2.45) is 5.73 Å². The fraction of sp³-hybridized carbons (Fsp3) is 0.385. The van der Waals surface area contributed by atoms with E-state index in [0.29, 0.717) is 23.5 Å². The number of thiocarbonyl (C=S) groups is 1. The van der Waals surface area contributed by atoms with Crippen molar-refractivity contribution in [1.29, 1.82) is 0 Å². The SMILES string of the molecule is CC(C)N(CCC(N)=S)C(=O)c1ccc(F)c(Cl)c1. The van der Waals surface area contributed by atoms with Crippen LogP contribution in [0.4, 0.5) is 4.39 Å². The maximum absolute atomic E-state index is 13.1. The molecule has 1 aromatic rings. The van der Waals surface area contributed by atoms with Crippen LogP contribution in [0.2, 0.25) is 5.02 Å². The molecule has 3 nitrogen and oxygen atoms in total. The summed E-state index contributed by atoms with van der Waals surface area (Å²) >= 11 is 10.5. The van der Waals surface area contributed by atoms with Gasteiger partial charge in [0.1, 0.15) is 5.82 Å². The van der Waals surface area contributed by atoms with E-state index < -0.39 is 5.82 Å². The predicted octanol–water partition coefficient (Wildman–Crippen LogP) is 3.01. The van der Waals surface area contributed by atoms with Gasteiger partial charge >= 0.3 is 0 Å². The summed E-state index contributed by atoms with van der Waals surface area (Å²) in [6.45, 7) is 4.21. The minimum Gasteiger partial charge on any atom is -0.393 e. The number of carbonyl (C=O) groups is 1. The second-order valence-corrected chi connectivity index (χ2v) is 5.37. The molecule has 0 aliphatic rings. The van der Waals surface area contributed by atoms with E-state index in [1.54, 1.807) is 4.90 Å². The minimum absolute atomic E-state index is 0.00863. The number of carbonyl (C=O) groups excluding carboxylic acids is 1. The molecule has 0 radical (unpaired) electrons. The number of amides is 1. The first-order chi connectivity index (χ1) is 8.82. The van der Waals surface area contributed by atoms with Gasteiger partial charge in [-0.05, 0) is 32.0 Å². The molecule has 2 N–H and O–H groups in total. The van der Waals surface area contributed by atoms with E-state index in [9.17, 15) is 9.18 Å². The lowest BCUT2D eigenvalue weighted by Gasteiger charge is -2.26. The fourth-order valence-electron chi connectivity index (χ4n) is 1.62. The van der Waals surface area contributed by atoms with Gasteiger partial charge in [-0.15, -0.1) is 0 Å². The summed E-state index contributed by atoms with van der Waals surface area (Å²) in [5.74, 6) is -0.759. The smallest absolute Gasteiger partial charge is 0.254 e. The largest absolute Gasteiger partial charge is 0.393 e. The van der Waals surface area contributed by atoms with Crippen LogP contribution in [0.5, 0.6) is 0 Å². The van der Waals surface area contributed by atoms with Gasteiger partial charge in [-0.3, -0.25) is 4.79 Å². The number of nitrogens with two attached hydrogens (primary N) is 1. The van der Waals surface area contributed by atoms with Gasteiger partial charge in [0.05, 0.1) is 10.0 Å². The first kappa shape index (κ1) is 15.9. The Morgan fingerprint density at radius 2 is 2.16 bits per heavy atom. The molecular formula is C13H16ClFN2OS. The average Bonchev–Trinajstić information content (AvgIpc) is 2.31. The van der Waals surface area contributed by atoms with E-state index in [0.717, 1.165) is 0 Å². The molecular weight excluding hydrogens is 287 g/mol. The number of nitrogens with zero attached hydrogens (tertiary/aromatic N) is 1. The van der Waals surface area contributed by atoms with Gasteiger partial charge in [0.25, 0.3) is 5.91 Å². The fourth-order valence-corrected chi connectivity index (χ4v) is 1.89. The first-order valence-corrected chi connectivity index (χ1v) is 6.66. The van der Waals surface area contributed by atoms with Crippen molar-refractivity contribution in [2.75, 3.05) is 6.54 Å². The van der Waals surface area contributed by atoms with Crippen LogP contribution in [0.25, 0.3) is 0 Å². The molecule has 0 aromatic heterocycles. The first-order valence-electron chi connectivity index (χ1n) is 5.87. The van der Waals surface area contributed by atoms with E-state index in [1.165, 1.54) is 18.2 Å². The van der Waals surface area contributed by atoms with Crippen molar-refractivity contribution < 1.29 is 9.18 Å². The summed E-state index contributed by atoms with van der Waals surface area (Å²) in [6, 6.07) is 3.92. The Bertz CT molecular complexity index is 494. The highest BCUT2D eigenvalue weighted by atomic mass is 35.5. The van der Waals surface area contributed by atoms with Crippen LogP contribution in [0.3, 0.4) is 0 Å². The molecule has 0 saturated heterocycles. The molecule has 1 rings (SSSR count). The Morgan fingerprint density at radius 1 is 1.53 bits per heavy atom. The summed E-state index contributed by atoms with van der Waals surface area (Å²) in [6.07, 6.45) is 0.453. The highest BCUT2D eigenvalue weighted by Crippen LogP contribution is 2.18. The van der Waals surface area contributed by atoms with Crippen LogP contribution in [0, 0.1) is 5.82 Å². The van der Waals surface area contributed by atoms with Crippen molar-refractivity contribution in [3.63, 3.8) is 0 Å². The molecule has 0 atom stereocenters. The Labute approximate surface area is 122 Å². The third kappa shape index (κ3) is 4.44. The summed E-state index contributed by atoms with van der Waals surface area (Å²) in [7, 11) is 0. The number of hydrogen-bond donors (Lipinski definition) is 1. The normalized spacial score (nSPS) is 10.6. The summed E-state index contributed by atoms with van der Waals surface area (Å²) in [4.78, 5) is 14.3. The maximum atomic E-state index is 13.1. The zero-order valence-electron chi connectivity index (χ0n) is 10.8. The number of halogens is 2. The highest BCUT2D eigenvalue weighted by Gasteiger charge is 2.19. The van der Waals surface area contributed by atoms with Crippen LogP contribution in [0.1, 0.15) is 30.6 Å². The molecule has 0 aliphatic heterocycles. The molecule has 0 fully saturated rings. The summed E-state index contributed by atoms with van der Waals surface area (Å²) in [5.41, 5.74) is 5.80. The molecule has 0 bridgehead atoms. The van der Waals surface area contributed by atoms with Crippen LogP contribution >= 0.6 is 23.8 Å². The molecule has 0 spiro atoms. The molecule has 19 heavy (non-hydrogen) atoms. The lowest BCUT2D eigenvalue weighted by Crippen LogP contribution is -2.39. The standard InChI is InChI=1S/C13H16ClFN2OS/c1-8(2)17(6-5-12(16)19)13(18)9-3-4-11(15)10(14)7-9/h3-4,7-8H,5-6H2,1-2H3,(H2,16,19). The molecule has 0 unspecified atom stereocenters. The highest BCUT2D eigenvalue weighted by molar-refractivity contribution is 7.80. The summed E-state index contributed by atoms with van der Waals surface area (Å²) in [5, 5.41) is -0.0658. The van der Waals surface area contributed by atoms with Gasteiger partial charge in [-0.2, -0.15) is 0 Å². The van der Waals surface area contributed by atoms with Gasteiger partial charge < -0.3 is 10.6 Å². The van der Waals surface area contributed by atoms with Crippen molar-refractivity contribution in [3.05, 3.63) is 34.6 Å². The predicted molar refractivity (Wildman–Crippen MR) is 79.0 cm³/mol. The van der Waals surface area contributed by atoms with Crippen LogP contribution in [-0.2, 0) is 0 Å². The molecule has 0 heterocycles. The molecule has 1 amide bonds. The number of rotatable bonds is 5. The average molecular weight is 303 g/mol. The molecule has 104 valence electrons. The Morgan fingerprint density at radius 3 is 2.63 bits per heavy atom. The second kappa shape index (κ2) is 6.82. The van der Waals surface area contributed by atoms with Crippen molar-refractivity contribution >= 4 is 34.7 Å². The van der Waals surface area contributed by atoms with E-state index in [-0.39, 0.29) is 17.0 Å². The number of hydrogen-bond acceptors (Lipinski definition) is 2. The van der Waals surface area contributed by atoms with Gasteiger partial charge in [-0.25, -0.2) is 4.39 Å². The van der Waals surface area contributed by atoms with Crippen LogP contribution in [-0.4, -0.2) is 28.4 Å². The quantitative estimate of drug-likeness (QED) is 0.851. The van der Waals surface area contributed by atoms with E-state index in [1.807, 2.05) is 13.8 Å². The van der Waals surface area contributed by atoms with Gasteiger partial charge in [0.2, 0.25) is 0 Å². The molecule has 0 aliphatic carbocycles. The van der Waals surface area contributed by atoms with Gasteiger partial charge in [-0.1, -0.05) is 23.8 Å². The van der Waals surface area contributed by atoms with Crippen molar-refractivity contribution in [2.45, 2.75) is 26.3 Å². The van der Waals surface area contributed by atoms with Gasteiger partial charge in [0.15, 0.2) is 0 Å². The minimum atomic E-state index is -0.544. The number of benzene rings is 1. The van der Waals surface area contributed by atoms with Gasteiger partial charge in [0, 0.05) is 24.6 Å². The maximum Gasteiger partial charge on any atom is 0.254 e. The topological polar surface area (TPSA) is 46.3 Å². The molecule has 0 saturated carbocycles. The molecule has 1 aromatic carbocycles. The van der Waals surface area contributed by atoms with E-state index in [2.05, 4.69) is 0 Å². The lowest BCUT2D eigenvalue weighted by molar-refractivity contribution is 0.0711. The Balaban J connectivity index is 2.92. The summed E-state index contributed by atoms with van der Waals surface area (Å²) < 4.78 is 13.1. The zero-order valence-corrected chi connectivity index (χ0v) is 12.4. The van der Waals surface area contributed by atoms with E-state index in [4.69, 9.17) is 29.6 Å². The second-order valence-electron chi connectivity index (χ2n) is 4.44. The Kier molecular flexibility index (Phi) is 5.69. The third-order valence-electron chi connectivity index (χ3n) is 2.65. The van der Waals surface area contributed by atoms with Crippen molar-refractivity contribution in [1.82, 2.24) is 4.90 Å².